The molecule has 2 aromatic carbocycles. The predicted octanol–water partition coefficient (Wildman–Crippen LogP) is 6.44. The maximum absolute atomic E-state index is 11.9. The van der Waals surface area contributed by atoms with E-state index in [9.17, 15) is 38.4 Å². The molecule has 372 valence electrons. The van der Waals surface area contributed by atoms with Crippen molar-refractivity contribution < 1.29 is 19.2 Å². The lowest BCUT2D eigenvalue weighted by Crippen LogP contribution is -2.43. The van der Waals surface area contributed by atoms with Gasteiger partial charge in [-0.15, -0.1) is 6.42 Å². The van der Waals surface area contributed by atoms with Gasteiger partial charge in [-0.3, -0.25) is 53.0 Å². The van der Waals surface area contributed by atoms with Gasteiger partial charge in [0.2, 0.25) is 5.91 Å². The van der Waals surface area contributed by atoms with E-state index in [-0.39, 0.29) is 46.3 Å². The second kappa shape index (κ2) is 29.3. The van der Waals surface area contributed by atoms with Crippen molar-refractivity contribution in [1.29, 1.82) is 10.5 Å². The Labute approximate surface area is 419 Å². The van der Waals surface area contributed by atoms with Gasteiger partial charge in [-0.05, 0) is 127 Å². The minimum atomic E-state index is -0.558. The molecule has 5 aromatic rings. The highest BCUT2D eigenvalue weighted by Crippen LogP contribution is 2.19. The Bertz CT molecular complexity index is 2920. The first-order valence-electron chi connectivity index (χ1n) is 21.8. The predicted molar refractivity (Wildman–Crippen MR) is 273 cm³/mol. The average molecular weight is 1050 g/mol. The highest BCUT2D eigenvalue weighted by Gasteiger charge is 2.21. The summed E-state index contributed by atoms with van der Waals surface area (Å²) in [5.74, 6) is 1.59. The first kappa shape index (κ1) is 60.4. The summed E-state index contributed by atoms with van der Waals surface area (Å²) >= 11 is 8.54. The number of halogens is 2. The summed E-state index contributed by atoms with van der Waals surface area (Å²) in [6, 6.07) is 13.4. The number of carbonyl (C=O) groups is 4. The fourth-order valence-corrected chi connectivity index (χ4v) is 7.40. The summed E-state index contributed by atoms with van der Waals surface area (Å²) in [7, 11) is 0. The number of aromatic nitrogens is 6. The molecule has 3 amide bonds. The zero-order valence-corrected chi connectivity index (χ0v) is 43.3. The van der Waals surface area contributed by atoms with Gasteiger partial charge in [-0.2, -0.15) is 10.5 Å². The van der Waals surface area contributed by atoms with Crippen LogP contribution in [0, 0.1) is 60.7 Å². The number of H-pyrrole nitrogens is 2. The Morgan fingerprint density at radius 2 is 1.29 bits per heavy atom. The molecule has 1 atom stereocenters. The normalized spacial score (nSPS) is 10.5. The van der Waals surface area contributed by atoms with E-state index in [1.165, 1.54) is 26.1 Å². The highest BCUT2D eigenvalue weighted by atomic mass is 79.9. The lowest BCUT2D eigenvalue weighted by Gasteiger charge is -2.13. The minimum absolute atomic E-state index is 0.0112. The second-order valence-electron chi connectivity index (χ2n) is 16.0. The number of terminal acetylenes is 1. The summed E-state index contributed by atoms with van der Waals surface area (Å²) in [6.45, 7) is 21.8. The van der Waals surface area contributed by atoms with Crippen molar-refractivity contribution >= 4 is 56.4 Å². The number of nitrogens with one attached hydrogen (secondary N) is 4. The van der Waals surface area contributed by atoms with Gasteiger partial charge in [0.05, 0.1) is 39.0 Å². The maximum Gasteiger partial charge on any atom is 0.329 e. The van der Waals surface area contributed by atoms with E-state index < -0.39 is 28.8 Å². The number of amides is 3. The van der Waals surface area contributed by atoms with Crippen molar-refractivity contribution in [3.8, 4) is 24.5 Å². The third-order valence-corrected chi connectivity index (χ3v) is 10.6. The van der Waals surface area contributed by atoms with Gasteiger partial charge in [0.25, 0.3) is 22.3 Å². The van der Waals surface area contributed by atoms with Crippen LogP contribution < -0.4 is 38.9 Å². The third kappa shape index (κ3) is 18.1. The van der Waals surface area contributed by atoms with Crippen LogP contribution in [0.25, 0.3) is 0 Å². The number of hydrogen-bond acceptors (Lipinski definition) is 12. The molecule has 0 radical (unpaired) electrons. The van der Waals surface area contributed by atoms with Gasteiger partial charge in [-0.1, -0.05) is 47.5 Å². The van der Waals surface area contributed by atoms with Crippen LogP contribution >= 0.6 is 27.5 Å². The quantitative estimate of drug-likeness (QED) is 0.0606. The molecule has 0 saturated carbocycles. The Hall–Kier alpha value is -7.60. The van der Waals surface area contributed by atoms with Crippen LogP contribution in [-0.2, 0) is 17.9 Å². The first-order valence-corrected chi connectivity index (χ1v) is 23.0. The molecule has 0 aliphatic rings. The Morgan fingerprint density at radius 1 is 0.800 bits per heavy atom. The van der Waals surface area contributed by atoms with Gasteiger partial charge in [0, 0.05) is 43.2 Å². The number of imidazole rings is 1. The number of nitrogens with zero attached hydrogens (tertiary/aromatic N) is 6. The van der Waals surface area contributed by atoms with Crippen molar-refractivity contribution in [2.24, 2.45) is 11.8 Å². The fourth-order valence-electron chi connectivity index (χ4n) is 6.24. The molecular weight excluding hydrogens is 986 g/mol. The minimum Gasteiger partial charge on any atom is -0.385 e. The van der Waals surface area contributed by atoms with Gasteiger partial charge in [0.1, 0.15) is 18.1 Å². The number of imide groups is 1. The Balaban J connectivity index is 0.000000439. The van der Waals surface area contributed by atoms with Crippen molar-refractivity contribution in [2.75, 3.05) is 12.3 Å². The van der Waals surface area contributed by atoms with Crippen molar-refractivity contribution in [1.82, 2.24) is 39.3 Å². The van der Waals surface area contributed by atoms with Crippen LogP contribution in [0.5, 0.6) is 0 Å². The van der Waals surface area contributed by atoms with E-state index in [4.69, 9.17) is 34.3 Å². The lowest BCUT2D eigenvalue weighted by molar-refractivity contribution is -0.123. The Kier molecular flexibility index (Phi) is 25.3. The van der Waals surface area contributed by atoms with E-state index in [1.807, 2.05) is 74.5 Å². The molecule has 3 heterocycles. The van der Waals surface area contributed by atoms with Crippen molar-refractivity contribution in [2.45, 2.75) is 101 Å². The number of nitrogens with two attached hydrogens (primary N) is 1. The van der Waals surface area contributed by atoms with Crippen LogP contribution in [0.2, 0.25) is 0 Å². The Morgan fingerprint density at radius 3 is 1.70 bits per heavy atom. The number of nitriles is 2. The van der Waals surface area contributed by atoms with Crippen LogP contribution in [0.3, 0.4) is 0 Å². The molecule has 6 N–H and O–H groups in total. The molecule has 5 rings (SSSR count). The molecule has 19 nitrogen and oxygen atoms in total. The number of urea groups is 1. The molecule has 3 aromatic heterocycles. The number of benzene rings is 2. The van der Waals surface area contributed by atoms with E-state index in [0.717, 1.165) is 11.1 Å². The first-order chi connectivity index (χ1) is 32.8. The standard InChI is InChI=1S/C12H9N3O.C10H16N2O2.C9H13BrN2O2.C9H6ClNO.C9H15N3O2/c1-9-4-10(7-13)6-11(5-9)12(16)15-3-2-14-8-15;1-5-8(7(3)4)9(13)12-10(14)11-6-2;1-4-12-7(10)6(5(2)3)8(13)11-9(12)14;1-6-2-7(5-11)4-8(3-6)9(10)12;1-4-12-7(10)6(5(2)3)8(13)11-9(12)14/h2-6,8H,1H3;1,7-8H,6H2,2-4H3,(H2,11,12,13,14);5H,4H2,1-3H3,(H,11,13,14);2-4H,1H3;5H,4,10H2,1-3H3,(H,11,13,14). The lowest BCUT2D eigenvalue weighted by atomic mass is 9.96. The van der Waals surface area contributed by atoms with Gasteiger partial charge < -0.3 is 11.1 Å². The van der Waals surface area contributed by atoms with Crippen LogP contribution in [0.1, 0.15) is 128 Å². The number of anilines is 1. The summed E-state index contributed by atoms with van der Waals surface area (Å²) in [6.07, 6.45) is 9.74. The average Bonchev–Trinajstić information content (AvgIpc) is 3.82. The fraction of sp³-hybridized carbons (Fsp3) is 0.367. The molecule has 21 heteroatoms. The van der Waals surface area contributed by atoms with E-state index in [1.54, 1.807) is 56.6 Å². The van der Waals surface area contributed by atoms with Gasteiger partial charge in [-0.25, -0.2) is 19.4 Å². The molecule has 0 saturated heterocycles. The summed E-state index contributed by atoms with van der Waals surface area (Å²) in [4.78, 5) is 98.9. The van der Waals surface area contributed by atoms with E-state index in [0.29, 0.717) is 57.6 Å². The molecule has 1 unspecified atom stereocenters. The molecular formula is C49H59BrClN11O8. The van der Waals surface area contributed by atoms with Crippen molar-refractivity contribution in [3.63, 3.8) is 0 Å². The molecule has 0 aliphatic heterocycles. The number of carbonyl (C=O) groups excluding carboxylic acids is 4. The monoisotopic (exact) mass is 1040 g/mol. The second-order valence-corrected chi connectivity index (χ2v) is 17.1. The third-order valence-electron chi connectivity index (χ3n) is 9.56. The zero-order chi connectivity index (χ0) is 53.6. The molecule has 0 fully saturated rings. The zero-order valence-electron chi connectivity index (χ0n) is 41.0. The summed E-state index contributed by atoms with van der Waals surface area (Å²) in [5, 5.41) is 21.5. The van der Waals surface area contributed by atoms with Crippen LogP contribution in [0.4, 0.5) is 10.6 Å². The number of rotatable bonds is 9. The number of aryl methyl sites for hydroxylation is 2. The molecule has 0 aliphatic carbocycles. The highest BCUT2D eigenvalue weighted by molar-refractivity contribution is 9.10. The van der Waals surface area contributed by atoms with Crippen molar-refractivity contribution in [3.05, 3.63) is 146 Å². The van der Waals surface area contributed by atoms with Gasteiger partial charge >= 0.3 is 17.4 Å². The number of nitrogen functional groups attached to an aromatic ring is 1. The summed E-state index contributed by atoms with van der Waals surface area (Å²) in [5.41, 5.74) is 8.90. The number of aromatic amines is 2. The van der Waals surface area contributed by atoms with E-state index >= 15 is 0 Å². The molecule has 0 bridgehead atoms. The largest absolute Gasteiger partial charge is 0.385 e. The molecule has 0 spiro atoms. The summed E-state index contributed by atoms with van der Waals surface area (Å²) < 4.78 is 4.83. The topological polar surface area (TPSA) is 293 Å². The van der Waals surface area contributed by atoms with E-state index in [2.05, 4.69) is 47.4 Å². The van der Waals surface area contributed by atoms with Crippen LogP contribution in [-0.4, -0.2) is 58.3 Å². The molecule has 70 heavy (non-hydrogen) atoms. The maximum atomic E-state index is 11.9. The smallest absolute Gasteiger partial charge is 0.329 e. The number of hydrogen-bond donors (Lipinski definition) is 5. The SMILES string of the molecule is C#CC(C(=O)NC(=O)NCC)C(C)C.CCn1c(Br)c(C(C)C)c(=O)[nH]c1=O.CCn1c(N)c(C(C)C)c(=O)[nH]c1=O.Cc1cc(C#N)cc(C(=O)Cl)c1.Cc1cc(C#N)cc(C(=O)n2ccnc2)c1. The van der Waals surface area contributed by atoms with Gasteiger partial charge in [0.15, 0.2) is 0 Å². The van der Waals surface area contributed by atoms with Crippen LogP contribution in [0.15, 0.2) is 78.9 Å².